The molecule has 0 N–H and O–H groups in total. The van der Waals surface area contributed by atoms with Crippen LogP contribution in [-0.2, 0) is 9.53 Å². The third-order valence-electron chi connectivity index (χ3n) is 1.67. The minimum Gasteiger partial charge on any atom is -0.463 e. The van der Waals surface area contributed by atoms with Crippen molar-refractivity contribution in [3.8, 4) is 0 Å². The summed E-state index contributed by atoms with van der Waals surface area (Å²) in [5.74, 6) is -0.863. The van der Waals surface area contributed by atoms with Gasteiger partial charge in [0.05, 0.1) is 6.61 Å². The lowest BCUT2D eigenvalue weighted by Gasteiger charge is -1.99. The molecule has 0 heterocycles. The summed E-state index contributed by atoms with van der Waals surface area (Å²) in [6.07, 6.45) is 2.59. The van der Waals surface area contributed by atoms with Crippen molar-refractivity contribution < 1.29 is 13.9 Å². The van der Waals surface area contributed by atoms with Gasteiger partial charge in [-0.05, 0) is 25.1 Å². The SMILES string of the molecule is CCOC(=O)C=Cc1c(F)cccc1Br. The lowest BCUT2D eigenvalue weighted by atomic mass is 10.2. The Hall–Kier alpha value is -1.16. The van der Waals surface area contributed by atoms with Crippen LogP contribution in [0.25, 0.3) is 6.08 Å². The topological polar surface area (TPSA) is 26.3 Å². The summed E-state index contributed by atoms with van der Waals surface area (Å²) < 4.78 is 18.5. The highest BCUT2D eigenvalue weighted by Gasteiger charge is 2.03. The Kier molecular flexibility index (Phi) is 4.49. The predicted octanol–water partition coefficient (Wildman–Crippen LogP) is 3.16. The molecule has 0 saturated carbocycles. The van der Waals surface area contributed by atoms with Crippen LogP contribution in [0.5, 0.6) is 0 Å². The molecule has 0 bridgehead atoms. The lowest BCUT2D eigenvalue weighted by molar-refractivity contribution is -0.137. The molecule has 15 heavy (non-hydrogen) atoms. The van der Waals surface area contributed by atoms with Gasteiger partial charge in [0.15, 0.2) is 0 Å². The average Bonchev–Trinajstić information content (AvgIpc) is 2.17. The first-order valence-corrected chi connectivity index (χ1v) is 5.23. The fraction of sp³-hybridized carbons (Fsp3) is 0.182. The Morgan fingerprint density at radius 1 is 1.60 bits per heavy atom. The zero-order valence-electron chi connectivity index (χ0n) is 8.17. The van der Waals surface area contributed by atoms with Crippen molar-refractivity contribution in [1.82, 2.24) is 0 Å². The Bertz CT molecular complexity index is 368. The summed E-state index contributed by atoms with van der Waals surface area (Å²) in [6.45, 7) is 2.02. The molecule has 1 aromatic rings. The number of halogens is 2. The van der Waals surface area contributed by atoms with E-state index in [0.717, 1.165) is 0 Å². The van der Waals surface area contributed by atoms with Gasteiger partial charge in [-0.25, -0.2) is 9.18 Å². The molecular weight excluding hydrogens is 263 g/mol. The van der Waals surface area contributed by atoms with Gasteiger partial charge in [-0.1, -0.05) is 22.0 Å². The molecule has 0 aromatic heterocycles. The number of carbonyl (C=O) groups is 1. The first kappa shape index (κ1) is 11.9. The standard InChI is InChI=1S/C11H10BrFO2/c1-2-15-11(14)7-6-8-9(12)4-3-5-10(8)13/h3-7H,2H2,1H3. The maximum Gasteiger partial charge on any atom is 0.330 e. The second-order valence-corrected chi connectivity index (χ2v) is 3.58. The number of ether oxygens (including phenoxy) is 1. The van der Waals surface area contributed by atoms with E-state index in [0.29, 0.717) is 16.6 Å². The molecule has 0 atom stereocenters. The van der Waals surface area contributed by atoms with E-state index in [1.54, 1.807) is 19.1 Å². The molecule has 0 fully saturated rings. The van der Waals surface area contributed by atoms with E-state index in [1.165, 1.54) is 18.2 Å². The van der Waals surface area contributed by atoms with Gasteiger partial charge in [0.2, 0.25) is 0 Å². The zero-order chi connectivity index (χ0) is 11.3. The fourth-order valence-electron chi connectivity index (χ4n) is 1.01. The molecule has 1 aromatic carbocycles. The van der Waals surface area contributed by atoms with E-state index >= 15 is 0 Å². The van der Waals surface area contributed by atoms with Crippen molar-refractivity contribution in [1.29, 1.82) is 0 Å². The van der Waals surface area contributed by atoms with Crippen LogP contribution in [0, 0.1) is 5.82 Å². The van der Waals surface area contributed by atoms with Crippen molar-refractivity contribution in [2.24, 2.45) is 0 Å². The molecule has 4 heteroatoms. The monoisotopic (exact) mass is 272 g/mol. The van der Waals surface area contributed by atoms with Gasteiger partial charge in [-0.2, -0.15) is 0 Å². The van der Waals surface area contributed by atoms with E-state index in [1.807, 2.05) is 0 Å². The normalized spacial score (nSPS) is 10.6. The van der Waals surface area contributed by atoms with Gasteiger partial charge in [-0.15, -0.1) is 0 Å². The van der Waals surface area contributed by atoms with Crippen molar-refractivity contribution in [3.05, 3.63) is 40.1 Å². The summed E-state index contributed by atoms with van der Waals surface area (Å²) in [4.78, 5) is 11.0. The number of carbonyl (C=O) groups excluding carboxylic acids is 1. The highest BCUT2D eigenvalue weighted by molar-refractivity contribution is 9.10. The second kappa shape index (κ2) is 5.66. The molecule has 0 spiro atoms. The highest BCUT2D eigenvalue weighted by atomic mass is 79.9. The summed E-state index contributed by atoms with van der Waals surface area (Å²) in [6, 6.07) is 4.62. The largest absolute Gasteiger partial charge is 0.463 e. The third kappa shape index (κ3) is 3.47. The average molecular weight is 273 g/mol. The van der Waals surface area contributed by atoms with E-state index in [4.69, 9.17) is 0 Å². The maximum absolute atomic E-state index is 13.3. The Balaban J connectivity index is 2.84. The lowest BCUT2D eigenvalue weighted by Crippen LogP contribution is -1.98. The number of rotatable bonds is 3. The molecule has 0 aliphatic heterocycles. The van der Waals surface area contributed by atoms with Gasteiger partial charge in [-0.3, -0.25) is 0 Å². The summed E-state index contributed by atoms with van der Waals surface area (Å²) in [7, 11) is 0. The molecule has 0 aliphatic carbocycles. The predicted molar refractivity (Wildman–Crippen MR) is 59.8 cm³/mol. The minimum absolute atomic E-state index is 0.307. The molecule has 0 saturated heterocycles. The molecule has 0 aliphatic rings. The zero-order valence-corrected chi connectivity index (χ0v) is 9.75. The minimum atomic E-state index is -0.479. The van der Waals surface area contributed by atoms with Gasteiger partial charge >= 0.3 is 5.97 Å². The van der Waals surface area contributed by atoms with Crippen LogP contribution in [0.15, 0.2) is 28.7 Å². The second-order valence-electron chi connectivity index (χ2n) is 2.72. The first-order valence-electron chi connectivity index (χ1n) is 4.44. The Morgan fingerprint density at radius 3 is 2.93 bits per heavy atom. The molecule has 2 nitrogen and oxygen atoms in total. The molecule has 1 rings (SSSR count). The van der Waals surface area contributed by atoms with Crippen LogP contribution in [0.1, 0.15) is 12.5 Å². The number of hydrogen-bond acceptors (Lipinski definition) is 2. The molecule has 0 amide bonds. The summed E-state index contributed by atoms with van der Waals surface area (Å²) in [5, 5.41) is 0. The van der Waals surface area contributed by atoms with Crippen LogP contribution in [-0.4, -0.2) is 12.6 Å². The van der Waals surface area contributed by atoms with Crippen molar-refractivity contribution in [2.75, 3.05) is 6.61 Å². The van der Waals surface area contributed by atoms with E-state index in [9.17, 15) is 9.18 Å². The van der Waals surface area contributed by atoms with Crippen LogP contribution in [0.2, 0.25) is 0 Å². The van der Waals surface area contributed by atoms with Crippen LogP contribution in [0.4, 0.5) is 4.39 Å². The number of esters is 1. The third-order valence-corrected chi connectivity index (χ3v) is 2.36. The number of benzene rings is 1. The van der Waals surface area contributed by atoms with E-state index in [2.05, 4.69) is 20.7 Å². The molecular formula is C11H10BrFO2. The van der Waals surface area contributed by atoms with Crippen molar-refractivity contribution in [3.63, 3.8) is 0 Å². The van der Waals surface area contributed by atoms with Crippen LogP contribution in [0.3, 0.4) is 0 Å². The molecule has 0 unspecified atom stereocenters. The van der Waals surface area contributed by atoms with Gasteiger partial charge in [0.1, 0.15) is 5.82 Å². The Labute approximate surface area is 95.9 Å². The molecule has 80 valence electrons. The number of hydrogen-bond donors (Lipinski definition) is 0. The fourth-order valence-corrected chi connectivity index (χ4v) is 1.49. The molecule has 0 radical (unpaired) electrons. The summed E-state index contributed by atoms with van der Waals surface area (Å²) >= 11 is 3.19. The van der Waals surface area contributed by atoms with Gasteiger partial charge < -0.3 is 4.74 Å². The van der Waals surface area contributed by atoms with Crippen molar-refractivity contribution in [2.45, 2.75) is 6.92 Å². The summed E-state index contributed by atoms with van der Waals surface area (Å²) in [5.41, 5.74) is 0.338. The van der Waals surface area contributed by atoms with Crippen molar-refractivity contribution >= 4 is 28.0 Å². The van der Waals surface area contributed by atoms with Crippen LogP contribution >= 0.6 is 15.9 Å². The van der Waals surface area contributed by atoms with Gasteiger partial charge in [0.25, 0.3) is 0 Å². The van der Waals surface area contributed by atoms with Gasteiger partial charge in [0, 0.05) is 16.1 Å². The van der Waals surface area contributed by atoms with E-state index in [-0.39, 0.29) is 5.82 Å². The van der Waals surface area contributed by atoms with Crippen LogP contribution < -0.4 is 0 Å². The quantitative estimate of drug-likeness (QED) is 0.624. The Morgan fingerprint density at radius 2 is 2.33 bits per heavy atom. The maximum atomic E-state index is 13.3. The smallest absolute Gasteiger partial charge is 0.330 e. The first-order chi connectivity index (χ1) is 7.15. The highest BCUT2D eigenvalue weighted by Crippen LogP contribution is 2.20. The van der Waals surface area contributed by atoms with E-state index < -0.39 is 5.97 Å².